The van der Waals surface area contributed by atoms with Crippen LogP contribution in [0.3, 0.4) is 0 Å². The number of aromatic nitrogens is 1. The lowest BCUT2D eigenvalue weighted by molar-refractivity contribution is 0.836. The van der Waals surface area contributed by atoms with Crippen molar-refractivity contribution in [2.24, 2.45) is 0 Å². The lowest BCUT2D eigenvalue weighted by Gasteiger charge is -2.19. The molecule has 0 radical (unpaired) electrons. The molecule has 19 heavy (non-hydrogen) atoms. The molecule has 1 aromatic carbocycles. The normalized spacial score (nSPS) is 11.3. The van der Waals surface area contributed by atoms with E-state index in [2.05, 4.69) is 50.9 Å². The van der Waals surface area contributed by atoms with E-state index in [4.69, 9.17) is 5.73 Å². The maximum atomic E-state index is 5.84. The summed E-state index contributed by atoms with van der Waals surface area (Å²) < 4.78 is 0. The third-order valence-corrected chi connectivity index (χ3v) is 3.40. The molecule has 0 amide bonds. The number of hydrogen-bond acceptors (Lipinski definition) is 2. The van der Waals surface area contributed by atoms with Gasteiger partial charge in [-0.25, -0.2) is 4.98 Å². The van der Waals surface area contributed by atoms with Crippen molar-refractivity contribution in [1.82, 2.24) is 4.98 Å². The molecule has 0 aliphatic rings. The van der Waals surface area contributed by atoms with Crippen LogP contribution in [0.25, 0.3) is 11.3 Å². The van der Waals surface area contributed by atoms with Crippen LogP contribution in [-0.4, -0.2) is 4.98 Å². The van der Waals surface area contributed by atoms with E-state index in [9.17, 15) is 0 Å². The molecular formula is C17H22N2. The van der Waals surface area contributed by atoms with Crippen molar-refractivity contribution in [2.75, 3.05) is 5.73 Å². The van der Waals surface area contributed by atoms with Gasteiger partial charge >= 0.3 is 0 Å². The first-order valence-electron chi connectivity index (χ1n) is 6.86. The molecule has 2 heteroatoms. The summed E-state index contributed by atoms with van der Waals surface area (Å²) in [5.74, 6) is 1.51. The van der Waals surface area contributed by atoms with Gasteiger partial charge in [0, 0.05) is 5.56 Å². The molecule has 0 aliphatic heterocycles. The summed E-state index contributed by atoms with van der Waals surface area (Å²) in [7, 11) is 0. The number of pyridine rings is 1. The van der Waals surface area contributed by atoms with Gasteiger partial charge in [0.2, 0.25) is 0 Å². The predicted molar refractivity (Wildman–Crippen MR) is 82.3 cm³/mol. The molecule has 0 aliphatic carbocycles. The van der Waals surface area contributed by atoms with Crippen LogP contribution in [0, 0.1) is 0 Å². The van der Waals surface area contributed by atoms with Crippen molar-refractivity contribution in [3.63, 3.8) is 0 Å². The number of rotatable bonds is 3. The first-order chi connectivity index (χ1) is 9.00. The first-order valence-corrected chi connectivity index (χ1v) is 6.86. The summed E-state index contributed by atoms with van der Waals surface area (Å²) in [6.45, 7) is 8.87. The Kier molecular flexibility index (Phi) is 3.89. The highest BCUT2D eigenvalue weighted by Crippen LogP contribution is 2.35. The molecule has 100 valence electrons. The second-order valence-corrected chi connectivity index (χ2v) is 5.57. The van der Waals surface area contributed by atoms with Crippen molar-refractivity contribution < 1.29 is 0 Å². The molecule has 0 saturated carbocycles. The Morgan fingerprint density at radius 3 is 1.84 bits per heavy atom. The van der Waals surface area contributed by atoms with Gasteiger partial charge in [0.15, 0.2) is 0 Å². The summed E-state index contributed by atoms with van der Waals surface area (Å²) in [5.41, 5.74) is 10.7. The molecule has 0 spiro atoms. The molecule has 0 saturated heterocycles. The molecule has 0 atom stereocenters. The van der Waals surface area contributed by atoms with Crippen LogP contribution in [0.2, 0.25) is 0 Å². The average molecular weight is 254 g/mol. The van der Waals surface area contributed by atoms with Crippen molar-refractivity contribution >= 4 is 5.82 Å². The molecule has 2 N–H and O–H groups in total. The molecule has 0 bridgehead atoms. The van der Waals surface area contributed by atoms with E-state index in [-0.39, 0.29) is 0 Å². The maximum absolute atomic E-state index is 5.84. The quantitative estimate of drug-likeness (QED) is 0.870. The lowest BCUT2D eigenvalue weighted by Crippen LogP contribution is -2.02. The number of hydrogen-bond donors (Lipinski definition) is 1. The summed E-state index contributed by atoms with van der Waals surface area (Å²) in [6.07, 6.45) is 0. The van der Waals surface area contributed by atoms with E-state index >= 15 is 0 Å². The van der Waals surface area contributed by atoms with Gasteiger partial charge < -0.3 is 5.73 Å². The topological polar surface area (TPSA) is 38.9 Å². The molecule has 1 aromatic heterocycles. The maximum Gasteiger partial charge on any atom is 0.124 e. The third kappa shape index (κ3) is 2.78. The van der Waals surface area contributed by atoms with Gasteiger partial charge in [-0.15, -0.1) is 0 Å². The number of anilines is 1. The molecule has 0 fully saturated rings. The van der Waals surface area contributed by atoms with Gasteiger partial charge in [0.1, 0.15) is 5.82 Å². The van der Waals surface area contributed by atoms with Gasteiger partial charge in [-0.2, -0.15) is 0 Å². The number of nitrogen functional groups attached to an aromatic ring is 1. The van der Waals surface area contributed by atoms with Crippen molar-refractivity contribution in [2.45, 2.75) is 39.5 Å². The summed E-state index contributed by atoms with van der Waals surface area (Å²) in [6, 6.07) is 12.4. The lowest BCUT2D eigenvalue weighted by atomic mass is 9.87. The van der Waals surface area contributed by atoms with Gasteiger partial charge in [-0.05, 0) is 35.1 Å². The molecule has 1 heterocycles. The molecule has 2 aromatic rings. The Hall–Kier alpha value is -1.83. The van der Waals surface area contributed by atoms with Crippen LogP contribution < -0.4 is 5.73 Å². The van der Waals surface area contributed by atoms with E-state index in [1.165, 1.54) is 16.7 Å². The summed E-state index contributed by atoms with van der Waals surface area (Å²) in [5, 5.41) is 0. The van der Waals surface area contributed by atoms with Crippen LogP contribution in [0.5, 0.6) is 0 Å². The van der Waals surface area contributed by atoms with Crippen LogP contribution in [0.4, 0.5) is 5.82 Å². The summed E-state index contributed by atoms with van der Waals surface area (Å²) in [4.78, 5) is 4.51. The number of nitrogens with two attached hydrogens (primary N) is 1. The smallest absolute Gasteiger partial charge is 0.124 e. The Balaban J connectivity index is 2.71. The highest BCUT2D eigenvalue weighted by molar-refractivity contribution is 5.70. The van der Waals surface area contributed by atoms with E-state index in [1.54, 1.807) is 0 Å². The minimum absolute atomic E-state index is 0.469. The van der Waals surface area contributed by atoms with E-state index in [0.717, 1.165) is 5.69 Å². The second kappa shape index (κ2) is 5.43. The fourth-order valence-electron chi connectivity index (χ4n) is 2.44. The third-order valence-electron chi connectivity index (χ3n) is 3.40. The zero-order valence-electron chi connectivity index (χ0n) is 12.1. The average Bonchev–Trinajstić information content (AvgIpc) is 2.37. The molecule has 0 unspecified atom stereocenters. The summed E-state index contributed by atoms with van der Waals surface area (Å²) >= 11 is 0. The molecule has 2 nitrogen and oxygen atoms in total. The minimum Gasteiger partial charge on any atom is -0.384 e. The molecular weight excluding hydrogens is 232 g/mol. The SMILES string of the molecule is CC(C)c1cccc(C(C)C)c1-c1cccc(N)n1. The Morgan fingerprint density at radius 2 is 1.37 bits per heavy atom. The zero-order chi connectivity index (χ0) is 14.0. The Labute approximate surface area is 115 Å². The van der Waals surface area contributed by atoms with E-state index in [1.807, 2.05) is 18.2 Å². The largest absolute Gasteiger partial charge is 0.384 e. The van der Waals surface area contributed by atoms with Crippen LogP contribution in [-0.2, 0) is 0 Å². The van der Waals surface area contributed by atoms with E-state index in [0.29, 0.717) is 17.7 Å². The first kappa shape index (κ1) is 13.6. The van der Waals surface area contributed by atoms with Crippen LogP contribution in [0.15, 0.2) is 36.4 Å². The van der Waals surface area contributed by atoms with Crippen molar-refractivity contribution in [1.29, 1.82) is 0 Å². The molecule has 2 rings (SSSR count). The van der Waals surface area contributed by atoms with Gasteiger partial charge in [-0.1, -0.05) is 52.0 Å². The minimum atomic E-state index is 0.469. The highest BCUT2D eigenvalue weighted by Gasteiger charge is 2.16. The highest BCUT2D eigenvalue weighted by atomic mass is 14.8. The Morgan fingerprint density at radius 1 is 0.842 bits per heavy atom. The predicted octanol–water partition coefficient (Wildman–Crippen LogP) is 4.58. The fourth-order valence-corrected chi connectivity index (χ4v) is 2.44. The van der Waals surface area contributed by atoms with Crippen LogP contribution >= 0.6 is 0 Å². The number of nitrogens with zero attached hydrogens (tertiary/aromatic N) is 1. The second-order valence-electron chi connectivity index (χ2n) is 5.57. The van der Waals surface area contributed by atoms with E-state index < -0.39 is 0 Å². The van der Waals surface area contributed by atoms with Gasteiger partial charge in [-0.3, -0.25) is 0 Å². The zero-order valence-corrected chi connectivity index (χ0v) is 12.1. The monoisotopic (exact) mass is 254 g/mol. The Bertz CT molecular complexity index is 545. The number of benzene rings is 1. The van der Waals surface area contributed by atoms with Crippen LogP contribution in [0.1, 0.15) is 50.7 Å². The van der Waals surface area contributed by atoms with Crippen molar-refractivity contribution in [3.05, 3.63) is 47.5 Å². The van der Waals surface area contributed by atoms with Gasteiger partial charge in [0.25, 0.3) is 0 Å². The fraction of sp³-hybridized carbons (Fsp3) is 0.353. The van der Waals surface area contributed by atoms with Crippen molar-refractivity contribution in [3.8, 4) is 11.3 Å². The van der Waals surface area contributed by atoms with Gasteiger partial charge in [0.05, 0.1) is 5.69 Å². The standard InChI is InChI=1S/C17H22N2/c1-11(2)13-7-5-8-14(12(3)4)17(13)15-9-6-10-16(18)19-15/h5-12H,1-4H3,(H2,18,19).